The molecule has 1 atom stereocenters. The third kappa shape index (κ3) is 4.84. The second kappa shape index (κ2) is 7.77. The standard InChI is InChI=1S/C19H30N2O/c1-14(2)12-16-6-5-7-17(13-16)15(3)19(22)20-18-8-10-21(4)11-9-18/h5-7,13-15,18H,8-12H2,1-4H3,(H,20,22). The summed E-state index contributed by atoms with van der Waals surface area (Å²) in [5, 5.41) is 3.23. The van der Waals surface area contributed by atoms with Crippen LogP contribution in [0.25, 0.3) is 0 Å². The monoisotopic (exact) mass is 302 g/mol. The van der Waals surface area contributed by atoms with Crippen LogP contribution in [0, 0.1) is 5.92 Å². The molecule has 1 unspecified atom stereocenters. The maximum absolute atomic E-state index is 12.5. The number of nitrogens with zero attached hydrogens (tertiary/aromatic N) is 1. The number of hydrogen-bond donors (Lipinski definition) is 1. The molecule has 1 fully saturated rings. The van der Waals surface area contributed by atoms with Crippen LogP contribution in [0.5, 0.6) is 0 Å². The highest BCUT2D eigenvalue weighted by Gasteiger charge is 2.22. The molecule has 0 aromatic heterocycles. The summed E-state index contributed by atoms with van der Waals surface area (Å²) in [4.78, 5) is 14.8. The first kappa shape index (κ1) is 17.0. The first-order valence-electron chi connectivity index (χ1n) is 8.53. The largest absolute Gasteiger partial charge is 0.353 e. The quantitative estimate of drug-likeness (QED) is 0.906. The smallest absolute Gasteiger partial charge is 0.227 e. The van der Waals surface area contributed by atoms with Crippen molar-refractivity contribution in [2.24, 2.45) is 5.92 Å². The van der Waals surface area contributed by atoms with Gasteiger partial charge in [0.05, 0.1) is 5.92 Å². The number of likely N-dealkylation sites (tertiary alicyclic amines) is 1. The second-order valence-electron chi connectivity index (χ2n) is 7.15. The fourth-order valence-electron chi connectivity index (χ4n) is 3.09. The number of benzene rings is 1. The maximum Gasteiger partial charge on any atom is 0.227 e. The van der Waals surface area contributed by atoms with Gasteiger partial charge < -0.3 is 10.2 Å². The highest BCUT2D eigenvalue weighted by atomic mass is 16.1. The van der Waals surface area contributed by atoms with E-state index in [1.54, 1.807) is 0 Å². The Bertz CT molecular complexity index is 490. The highest BCUT2D eigenvalue weighted by Crippen LogP contribution is 2.19. The number of rotatable bonds is 5. The van der Waals surface area contributed by atoms with Crippen LogP contribution in [0.1, 0.15) is 50.7 Å². The van der Waals surface area contributed by atoms with Crippen molar-refractivity contribution in [1.29, 1.82) is 0 Å². The molecule has 1 aromatic rings. The minimum Gasteiger partial charge on any atom is -0.353 e. The van der Waals surface area contributed by atoms with Gasteiger partial charge in [-0.1, -0.05) is 38.1 Å². The summed E-state index contributed by atoms with van der Waals surface area (Å²) in [6.45, 7) is 8.61. The Labute approximate surface area is 135 Å². The van der Waals surface area contributed by atoms with E-state index in [1.165, 1.54) is 5.56 Å². The third-order valence-corrected chi connectivity index (χ3v) is 4.55. The summed E-state index contributed by atoms with van der Waals surface area (Å²) in [5.41, 5.74) is 2.45. The SMILES string of the molecule is CC(C)Cc1cccc(C(C)C(=O)NC2CCN(C)CC2)c1. The van der Waals surface area contributed by atoms with Crippen molar-refractivity contribution >= 4 is 5.91 Å². The van der Waals surface area contributed by atoms with Crippen molar-refractivity contribution in [3.63, 3.8) is 0 Å². The van der Waals surface area contributed by atoms with E-state index in [0.29, 0.717) is 12.0 Å². The Balaban J connectivity index is 1.95. The van der Waals surface area contributed by atoms with Crippen LogP contribution in [0.4, 0.5) is 0 Å². The van der Waals surface area contributed by atoms with E-state index in [1.807, 2.05) is 6.92 Å². The lowest BCUT2D eigenvalue weighted by Gasteiger charge is -2.30. The molecule has 0 aliphatic carbocycles. The van der Waals surface area contributed by atoms with E-state index in [0.717, 1.165) is 37.9 Å². The number of nitrogens with one attached hydrogen (secondary N) is 1. The average Bonchev–Trinajstić information content (AvgIpc) is 2.48. The zero-order chi connectivity index (χ0) is 16.1. The van der Waals surface area contributed by atoms with Gasteiger partial charge in [0.2, 0.25) is 5.91 Å². The van der Waals surface area contributed by atoms with Gasteiger partial charge in [0, 0.05) is 6.04 Å². The highest BCUT2D eigenvalue weighted by molar-refractivity contribution is 5.83. The van der Waals surface area contributed by atoms with Crippen molar-refractivity contribution in [3.05, 3.63) is 35.4 Å². The summed E-state index contributed by atoms with van der Waals surface area (Å²) >= 11 is 0. The molecule has 0 radical (unpaired) electrons. The summed E-state index contributed by atoms with van der Waals surface area (Å²) in [5.74, 6) is 0.724. The Kier molecular flexibility index (Phi) is 6.01. The van der Waals surface area contributed by atoms with Gasteiger partial charge in [-0.3, -0.25) is 4.79 Å². The minimum absolute atomic E-state index is 0.0771. The molecule has 1 aromatic carbocycles. The molecular weight excluding hydrogens is 272 g/mol. The fourth-order valence-corrected chi connectivity index (χ4v) is 3.09. The minimum atomic E-state index is -0.0771. The van der Waals surface area contributed by atoms with Crippen molar-refractivity contribution in [3.8, 4) is 0 Å². The maximum atomic E-state index is 12.5. The predicted molar refractivity (Wildman–Crippen MR) is 92.1 cm³/mol. The van der Waals surface area contributed by atoms with E-state index in [4.69, 9.17) is 0 Å². The van der Waals surface area contributed by atoms with Gasteiger partial charge in [-0.15, -0.1) is 0 Å². The number of amides is 1. The van der Waals surface area contributed by atoms with Crippen LogP contribution in [-0.2, 0) is 11.2 Å². The summed E-state index contributed by atoms with van der Waals surface area (Å²) < 4.78 is 0. The van der Waals surface area contributed by atoms with Crippen molar-refractivity contribution in [2.45, 2.75) is 52.0 Å². The Morgan fingerprint density at radius 2 is 1.95 bits per heavy atom. The van der Waals surface area contributed by atoms with Crippen LogP contribution >= 0.6 is 0 Å². The first-order chi connectivity index (χ1) is 10.5. The van der Waals surface area contributed by atoms with E-state index >= 15 is 0 Å². The number of piperidine rings is 1. The number of carbonyl (C=O) groups is 1. The van der Waals surface area contributed by atoms with E-state index in [-0.39, 0.29) is 11.8 Å². The second-order valence-corrected chi connectivity index (χ2v) is 7.15. The normalized spacial score (nSPS) is 18.4. The lowest BCUT2D eigenvalue weighted by atomic mass is 9.94. The number of hydrogen-bond acceptors (Lipinski definition) is 2. The molecule has 1 N–H and O–H groups in total. The van der Waals surface area contributed by atoms with Crippen LogP contribution in [-0.4, -0.2) is 37.0 Å². The van der Waals surface area contributed by atoms with E-state index in [2.05, 4.69) is 55.4 Å². The van der Waals surface area contributed by atoms with Crippen molar-refractivity contribution in [2.75, 3.05) is 20.1 Å². The molecule has 1 heterocycles. The lowest BCUT2D eigenvalue weighted by molar-refractivity contribution is -0.123. The van der Waals surface area contributed by atoms with Crippen molar-refractivity contribution < 1.29 is 4.79 Å². The van der Waals surface area contributed by atoms with Crippen LogP contribution < -0.4 is 5.32 Å². The molecule has 1 amide bonds. The average molecular weight is 302 g/mol. The Morgan fingerprint density at radius 3 is 2.59 bits per heavy atom. The van der Waals surface area contributed by atoms with Crippen LogP contribution in [0.15, 0.2) is 24.3 Å². The topological polar surface area (TPSA) is 32.3 Å². The lowest BCUT2D eigenvalue weighted by Crippen LogP contribution is -2.44. The van der Waals surface area contributed by atoms with Crippen LogP contribution in [0.2, 0.25) is 0 Å². The van der Waals surface area contributed by atoms with Crippen molar-refractivity contribution in [1.82, 2.24) is 10.2 Å². The molecule has 22 heavy (non-hydrogen) atoms. The molecule has 1 aliphatic heterocycles. The van der Waals surface area contributed by atoms with Gasteiger partial charge in [0.25, 0.3) is 0 Å². The fraction of sp³-hybridized carbons (Fsp3) is 0.632. The van der Waals surface area contributed by atoms with Gasteiger partial charge in [-0.25, -0.2) is 0 Å². The van der Waals surface area contributed by atoms with E-state index < -0.39 is 0 Å². The van der Waals surface area contributed by atoms with Gasteiger partial charge in [-0.2, -0.15) is 0 Å². The van der Waals surface area contributed by atoms with Crippen LogP contribution in [0.3, 0.4) is 0 Å². The zero-order valence-corrected chi connectivity index (χ0v) is 14.4. The summed E-state index contributed by atoms with van der Waals surface area (Å²) in [6, 6.07) is 8.84. The number of carbonyl (C=O) groups excluding carboxylic acids is 1. The Hall–Kier alpha value is -1.35. The molecular formula is C19H30N2O. The molecule has 0 bridgehead atoms. The molecule has 0 spiro atoms. The first-order valence-corrected chi connectivity index (χ1v) is 8.53. The van der Waals surface area contributed by atoms with Gasteiger partial charge in [0.15, 0.2) is 0 Å². The molecule has 1 aliphatic rings. The zero-order valence-electron chi connectivity index (χ0n) is 14.4. The third-order valence-electron chi connectivity index (χ3n) is 4.55. The summed E-state index contributed by atoms with van der Waals surface area (Å²) in [6.07, 6.45) is 3.18. The molecule has 0 saturated carbocycles. The van der Waals surface area contributed by atoms with Gasteiger partial charge in [-0.05, 0) is 63.4 Å². The molecule has 1 saturated heterocycles. The molecule has 122 valence electrons. The molecule has 3 heteroatoms. The Morgan fingerprint density at radius 1 is 1.27 bits per heavy atom. The molecule has 2 rings (SSSR count). The predicted octanol–water partition coefficient (Wildman–Crippen LogP) is 3.20. The van der Waals surface area contributed by atoms with Gasteiger partial charge in [0.1, 0.15) is 0 Å². The molecule has 3 nitrogen and oxygen atoms in total. The van der Waals surface area contributed by atoms with Gasteiger partial charge >= 0.3 is 0 Å². The summed E-state index contributed by atoms with van der Waals surface area (Å²) in [7, 11) is 2.14. The van der Waals surface area contributed by atoms with E-state index in [9.17, 15) is 4.79 Å².